The smallest absolute Gasteiger partial charge is 0.326 e. The monoisotopic (exact) mass is 562 g/mol. The largest absolute Gasteiger partial charge is 0.480 e. The molecule has 0 radical (unpaired) electrons. The van der Waals surface area contributed by atoms with Crippen LogP contribution in [0, 0.1) is 0 Å². The average molecular weight is 564 g/mol. The fourth-order valence-corrected chi connectivity index (χ4v) is 5.13. The fraction of sp³-hybridized carbons (Fsp3) is 0.308. The summed E-state index contributed by atoms with van der Waals surface area (Å²) in [6.07, 6.45) is 0.433. The number of halogens is 3. The summed E-state index contributed by atoms with van der Waals surface area (Å²) in [4.78, 5) is 39.6. The van der Waals surface area contributed by atoms with E-state index in [0.717, 1.165) is 11.3 Å². The van der Waals surface area contributed by atoms with E-state index in [1.54, 1.807) is 41.3 Å². The molecule has 37 heavy (non-hydrogen) atoms. The Kier molecular flexibility index (Phi) is 8.11. The molecule has 0 saturated carbocycles. The molecule has 4 rings (SSSR count). The number of benzene rings is 2. The molecule has 194 valence electrons. The van der Waals surface area contributed by atoms with Crippen LogP contribution in [0.5, 0.6) is 0 Å². The van der Waals surface area contributed by atoms with Crippen LogP contribution in [0.2, 0.25) is 15.1 Å². The number of aromatic nitrogens is 2. The van der Waals surface area contributed by atoms with E-state index in [9.17, 15) is 19.5 Å². The lowest BCUT2D eigenvalue weighted by molar-refractivity contribution is -0.139. The second-order valence-electron chi connectivity index (χ2n) is 9.21. The highest BCUT2D eigenvalue weighted by molar-refractivity contribution is 6.40. The van der Waals surface area contributed by atoms with Gasteiger partial charge in [-0.2, -0.15) is 5.10 Å². The first kappa shape index (κ1) is 27.0. The van der Waals surface area contributed by atoms with E-state index in [1.807, 2.05) is 13.8 Å². The lowest BCUT2D eigenvalue weighted by atomic mass is 9.95. The summed E-state index contributed by atoms with van der Waals surface area (Å²) < 4.78 is 0. The van der Waals surface area contributed by atoms with E-state index in [1.165, 1.54) is 0 Å². The Balaban J connectivity index is 1.52. The normalized spacial score (nSPS) is 13.8. The van der Waals surface area contributed by atoms with Crippen LogP contribution in [0.15, 0.2) is 36.4 Å². The van der Waals surface area contributed by atoms with Crippen LogP contribution in [0.4, 0.5) is 0 Å². The maximum atomic E-state index is 13.1. The molecule has 2 heterocycles. The summed E-state index contributed by atoms with van der Waals surface area (Å²) >= 11 is 19.0. The van der Waals surface area contributed by atoms with Crippen LogP contribution in [0.25, 0.3) is 0 Å². The number of nitrogens with zero attached hydrogens (tertiary/aromatic N) is 2. The minimum Gasteiger partial charge on any atom is -0.480 e. The van der Waals surface area contributed by atoms with E-state index in [-0.39, 0.29) is 40.4 Å². The standard InChI is InChI=1S/C26H25Cl3N4O4/c1-13(2)20-10-17(31-32-20)11-21(26(36)37)30-24(34)22-19(28)9-15-12-33(8-7-18(15)23(22)29)25(35)14-3-5-16(27)6-4-14/h3-6,9-10,13,21H,7-8,11-12H2,1-2H3,(H,30,34)(H,31,32)(H,36,37)/t21-/m0/s1. The van der Waals surface area contributed by atoms with Gasteiger partial charge in [-0.15, -0.1) is 0 Å². The van der Waals surface area contributed by atoms with Gasteiger partial charge < -0.3 is 15.3 Å². The molecule has 0 fully saturated rings. The summed E-state index contributed by atoms with van der Waals surface area (Å²) in [5, 5.41) is 20.0. The predicted octanol–water partition coefficient (Wildman–Crippen LogP) is 5.12. The van der Waals surface area contributed by atoms with Gasteiger partial charge in [0.25, 0.3) is 11.8 Å². The Morgan fingerprint density at radius 2 is 1.84 bits per heavy atom. The van der Waals surface area contributed by atoms with E-state index in [4.69, 9.17) is 34.8 Å². The number of aliphatic carboxylic acids is 1. The van der Waals surface area contributed by atoms with Gasteiger partial charge in [0.2, 0.25) is 0 Å². The molecule has 2 amide bonds. The maximum absolute atomic E-state index is 13.1. The Morgan fingerprint density at radius 1 is 1.14 bits per heavy atom. The van der Waals surface area contributed by atoms with Crippen molar-refractivity contribution < 1.29 is 19.5 Å². The molecular formula is C26H25Cl3N4O4. The summed E-state index contributed by atoms with van der Waals surface area (Å²) in [7, 11) is 0. The second kappa shape index (κ2) is 11.1. The van der Waals surface area contributed by atoms with Crippen molar-refractivity contribution >= 4 is 52.6 Å². The number of carboxylic acid groups (broad SMARTS) is 1. The third kappa shape index (κ3) is 5.92. The first-order chi connectivity index (χ1) is 17.5. The molecule has 2 aromatic carbocycles. The second-order valence-corrected chi connectivity index (χ2v) is 10.4. The van der Waals surface area contributed by atoms with Crippen molar-refractivity contribution in [2.45, 2.75) is 45.2 Å². The van der Waals surface area contributed by atoms with Crippen LogP contribution in [0.1, 0.15) is 63.0 Å². The van der Waals surface area contributed by atoms with Crippen LogP contribution >= 0.6 is 34.8 Å². The number of carboxylic acids is 1. The van der Waals surface area contributed by atoms with Crippen molar-refractivity contribution in [1.82, 2.24) is 20.4 Å². The molecule has 0 spiro atoms. The first-order valence-corrected chi connectivity index (χ1v) is 12.8. The van der Waals surface area contributed by atoms with Crippen molar-refractivity contribution in [2.24, 2.45) is 0 Å². The summed E-state index contributed by atoms with van der Waals surface area (Å²) in [6, 6.07) is 8.82. The highest BCUT2D eigenvalue weighted by atomic mass is 35.5. The van der Waals surface area contributed by atoms with Crippen molar-refractivity contribution in [1.29, 1.82) is 0 Å². The molecule has 3 N–H and O–H groups in total. The number of aromatic amines is 1. The number of hydrogen-bond donors (Lipinski definition) is 3. The summed E-state index contributed by atoms with van der Waals surface area (Å²) in [6.45, 7) is 4.62. The SMILES string of the molecule is CC(C)c1cc(C[C@H](NC(=O)c2c(Cl)cc3c(c2Cl)CCN(C(=O)c2ccc(Cl)cc2)C3)C(=O)O)[nH]n1. The molecule has 0 aliphatic carbocycles. The molecular weight excluding hydrogens is 539 g/mol. The number of H-pyrrole nitrogens is 1. The Labute approximate surface area is 228 Å². The number of nitrogens with one attached hydrogen (secondary N) is 2. The number of hydrogen-bond acceptors (Lipinski definition) is 4. The molecule has 1 aliphatic heterocycles. The van der Waals surface area contributed by atoms with Crippen LogP contribution in [0.3, 0.4) is 0 Å². The summed E-state index contributed by atoms with van der Waals surface area (Å²) in [5.74, 6) is -1.86. The molecule has 11 heteroatoms. The fourth-order valence-electron chi connectivity index (χ4n) is 4.24. The van der Waals surface area contributed by atoms with Gasteiger partial charge in [0.15, 0.2) is 0 Å². The molecule has 0 saturated heterocycles. The first-order valence-electron chi connectivity index (χ1n) is 11.7. The quantitative estimate of drug-likeness (QED) is 0.369. The molecule has 1 aromatic heterocycles. The zero-order chi connectivity index (χ0) is 26.9. The lowest BCUT2D eigenvalue weighted by Gasteiger charge is -2.30. The third-order valence-corrected chi connectivity index (χ3v) is 7.25. The van der Waals surface area contributed by atoms with Gasteiger partial charge in [0.05, 0.1) is 21.3 Å². The maximum Gasteiger partial charge on any atom is 0.326 e. The third-order valence-electron chi connectivity index (χ3n) is 6.28. The van der Waals surface area contributed by atoms with Crippen LogP contribution < -0.4 is 5.32 Å². The van der Waals surface area contributed by atoms with E-state index in [2.05, 4.69) is 15.5 Å². The highest BCUT2D eigenvalue weighted by Crippen LogP contribution is 2.35. The van der Waals surface area contributed by atoms with Gasteiger partial charge in [-0.1, -0.05) is 48.7 Å². The van der Waals surface area contributed by atoms with Crippen molar-refractivity contribution in [3.05, 3.63) is 85.1 Å². The average Bonchev–Trinajstić information content (AvgIpc) is 3.32. The molecule has 0 bridgehead atoms. The van der Waals surface area contributed by atoms with Gasteiger partial charge in [-0.25, -0.2) is 4.79 Å². The predicted molar refractivity (Wildman–Crippen MR) is 142 cm³/mol. The van der Waals surface area contributed by atoms with E-state index < -0.39 is 17.9 Å². The van der Waals surface area contributed by atoms with Gasteiger partial charge in [0.1, 0.15) is 6.04 Å². The van der Waals surface area contributed by atoms with Gasteiger partial charge in [-0.05, 0) is 59.9 Å². The Morgan fingerprint density at radius 3 is 2.46 bits per heavy atom. The number of carbonyl (C=O) groups is 3. The Bertz CT molecular complexity index is 1350. The highest BCUT2D eigenvalue weighted by Gasteiger charge is 2.30. The molecule has 8 nitrogen and oxygen atoms in total. The molecule has 1 atom stereocenters. The Hall–Kier alpha value is -3.07. The minimum atomic E-state index is -1.22. The van der Waals surface area contributed by atoms with Gasteiger partial charge >= 0.3 is 5.97 Å². The van der Waals surface area contributed by atoms with E-state index >= 15 is 0 Å². The van der Waals surface area contributed by atoms with Crippen LogP contribution in [-0.4, -0.2) is 50.6 Å². The summed E-state index contributed by atoms with van der Waals surface area (Å²) in [5.41, 5.74) is 3.35. The molecule has 0 unspecified atom stereocenters. The van der Waals surface area contributed by atoms with Gasteiger partial charge in [-0.3, -0.25) is 14.7 Å². The number of rotatable bonds is 7. The molecule has 1 aliphatic rings. The zero-order valence-corrected chi connectivity index (χ0v) is 22.4. The van der Waals surface area contributed by atoms with Crippen molar-refractivity contribution in [2.75, 3.05) is 6.54 Å². The minimum absolute atomic E-state index is 0.0123. The lowest BCUT2D eigenvalue weighted by Crippen LogP contribution is -2.43. The number of carbonyl (C=O) groups excluding carboxylic acids is 2. The van der Waals surface area contributed by atoms with Gasteiger partial charge in [0, 0.05) is 35.8 Å². The van der Waals surface area contributed by atoms with Crippen molar-refractivity contribution in [3.8, 4) is 0 Å². The number of amides is 2. The van der Waals surface area contributed by atoms with E-state index in [0.29, 0.717) is 34.8 Å². The zero-order valence-electron chi connectivity index (χ0n) is 20.1. The molecule has 3 aromatic rings. The van der Waals surface area contributed by atoms with Crippen LogP contribution in [-0.2, 0) is 24.2 Å². The van der Waals surface area contributed by atoms with Crippen molar-refractivity contribution in [3.63, 3.8) is 0 Å². The number of fused-ring (bicyclic) bond motifs is 1. The topological polar surface area (TPSA) is 115 Å².